The Hall–Kier alpha value is -2.40. The van der Waals surface area contributed by atoms with Crippen LogP contribution >= 0.6 is 11.8 Å². The number of amides is 2. The topological polar surface area (TPSA) is 56.9 Å². The van der Waals surface area contributed by atoms with Crippen molar-refractivity contribution < 1.29 is 4.79 Å². The third-order valence-electron chi connectivity index (χ3n) is 4.21. The highest BCUT2D eigenvalue weighted by Crippen LogP contribution is 2.19. The first-order valence-electron chi connectivity index (χ1n) is 8.37. The first-order valence-corrected chi connectivity index (χ1v) is 9.59. The molecule has 2 amide bonds. The van der Waals surface area contributed by atoms with Crippen LogP contribution in [0, 0.1) is 6.92 Å². The average molecular weight is 353 g/mol. The van der Waals surface area contributed by atoms with Crippen LogP contribution in [0.15, 0.2) is 53.6 Å². The minimum absolute atomic E-state index is 0.135. The van der Waals surface area contributed by atoms with Crippen LogP contribution in [0.5, 0.6) is 0 Å². The molecule has 0 aliphatic rings. The number of carbonyl (C=O) groups is 1. The smallest absolute Gasteiger partial charge is 0.315 e. The minimum Gasteiger partial charge on any atom is -0.361 e. The predicted octanol–water partition coefficient (Wildman–Crippen LogP) is 4.24. The van der Waals surface area contributed by atoms with Crippen LogP contribution in [0.3, 0.4) is 0 Å². The molecule has 3 aromatic rings. The van der Waals surface area contributed by atoms with Crippen LogP contribution in [-0.4, -0.2) is 23.8 Å². The van der Waals surface area contributed by atoms with Crippen molar-refractivity contribution in [2.45, 2.75) is 24.8 Å². The molecular weight excluding hydrogens is 330 g/mol. The van der Waals surface area contributed by atoms with Gasteiger partial charge in [0.1, 0.15) is 0 Å². The molecule has 2 aromatic carbocycles. The number of fused-ring (bicyclic) bond motifs is 1. The van der Waals surface area contributed by atoms with Gasteiger partial charge in [-0.2, -0.15) is 0 Å². The Bertz CT molecular complexity index is 855. The number of aromatic nitrogens is 1. The number of hydrogen-bond acceptors (Lipinski definition) is 2. The summed E-state index contributed by atoms with van der Waals surface area (Å²) in [4.78, 5) is 16.5. The highest BCUT2D eigenvalue weighted by atomic mass is 32.2. The number of thioether (sulfide) groups is 1. The summed E-state index contributed by atoms with van der Waals surface area (Å²) in [6, 6.07) is 14.5. The van der Waals surface area contributed by atoms with E-state index < -0.39 is 0 Å². The van der Waals surface area contributed by atoms with Gasteiger partial charge in [0.05, 0.1) is 0 Å². The normalized spacial score (nSPS) is 10.8. The zero-order chi connectivity index (χ0) is 17.6. The van der Waals surface area contributed by atoms with E-state index in [4.69, 9.17) is 0 Å². The van der Waals surface area contributed by atoms with E-state index in [9.17, 15) is 4.79 Å². The number of carbonyl (C=O) groups excluding carboxylic acids is 1. The number of urea groups is 1. The number of H-pyrrole nitrogens is 1. The van der Waals surface area contributed by atoms with Crippen molar-refractivity contribution in [2.24, 2.45) is 0 Å². The molecule has 1 heterocycles. The molecule has 0 spiro atoms. The zero-order valence-corrected chi connectivity index (χ0v) is 15.4. The van der Waals surface area contributed by atoms with E-state index in [2.05, 4.69) is 59.1 Å². The van der Waals surface area contributed by atoms with Gasteiger partial charge in [0.2, 0.25) is 0 Å². The van der Waals surface area contributed by atoms with Crippen molar-refractivity contribution in [3.8, 4) is 0 Å². The maximum Gasteiger partial charge on any atom is 0.315 e. The number of benzene rings is 2. The molecule has 0 radical (unpaired) electrons. The summed E-state index contributed by atoms with van der Waals surface area (Å²) in [5, 5.41) is 7.04. The quantitative estimate of drug-likeness (QED) is 0.581. The van der Waals surface area contributed by atoms with Crippen molar-refractivity contribution >= 4 is 28.7 Å². The van der Waals surface area contributed by atoms with Crippen molar-refractivity contribution in [1.82, 2.24) is 15.6 Å². The van der Waals surface area contributed by atoms with Gasteiger partial charge < -0.3 is 15.6 Å². The van der Waals surface area contributed by atoms with Gasteiger partial charge in [-0.05, 0) is 54.5 Å². The Morgan fingerprint density at radius 3 is 2.68 bits per heavy atom. The molecule has 3 N–H and O–H groups in total. The second-order valence-corrected chi connectivity index (χ2v) is 6.95. The van der Waals surface area contributed by atoms with E-state index >= 15 is 0 Å². The molecule has 3 rings (SSSR count). The summed E-state index contributed by atoms with van der Waals surface area (Å²) < 4.78 is 0. The minimum atomic E-state index is -0.135. The highest BCUT2D eigenvalue weighted by Gasteiger charge is 2.05. The van der Waals surface area contributed by atoms with Gasteiger partial charge >= 0.3 is 6.03 Å². The molecule has 130 valence electrons. The van der Waals surface area contributed by atoms with Crippen molar-refractivity contribution in [3.05, 3.63) is 65.4 Å². The lowest BCUT2D eigenvalue weighted by Gasteiger charge is -2.08. The third-order valence-corrected chi connectivity index (χ3v) is 4.96. The molecule has 4 nitrogen and oxygen atoms in total. The van der Waals surface area contributed by atoms with E-state index in [-0.39, 0.29) is 6.03 Å². The summed E-state index contributed by atoms with van der Waals surface area (Å²) in [6.45, 7) is 3.23. The van der Waals surface area contributed by atoms with Crippen molar-refractivity contribution in [2.75, 3.05) is 12.8 Å². The lowest BCUT2D eigenvalue weighted by atomic mass is 10.1. The number of nitrogens with one attached hydrogen (secondary N) is 3. The van der Waals surface area contributed by atoms with E-state index in [1.165, 1.54) is 21.4 Å². The van der Waals surface area contributed by atoms with E-state index in [1.54, 1.807) is 11.8 Å². The molecule has 0 bridgehead atoms. The van der Waals surface area contributed by atoms with Crippen LogP contribution in [0.2, 0.25) is 0 Å². The molecule has 0 fully saturated rings. The molecule has 1 aromatic heterocycles. The summed E-state index contributed by atoms with van der Waals surface area (Å²) in [6.07, 6.45) is 4.88. The zero-order valence-electron chi connectivity index (χ0n) is 14.6. The van der Waals surface area contributed by atoms with Gasteiger partial charge in [-0.3, -0.25) is 0 Å². The number of aryl methyl sites for hydroxylation is 1. The second kappa shape index (κ2) is 8.12. The highest BCUT2D eigenvalue weighted by molar-refractivity contribution is 7.98. The van der Waals surface area contributed by atoms with E-state index in [1.807, 2.05) is 18.3 Å². The number of hydrogen-bond donors (Lipinski definition) is 3. The molecular formula is C20H23N3OS. The Morgan fingerprint density at radius 1 is 1.12 bits per heavy atom. The van der Waals surface area contributed by atoms with Gasteiger partial charge in [-0.25, -0.2) is 4.79 Å². The monoisotopic (exact) mass is 353 g/mol. The molecule has 0 aliphatic carbocycles. The molecule has 0 saturated carbocycles. The molecule has 0 unspecified atom stereocenters. The van der Waals surface area contributed by atoms with Gasteiger partial charge in [0.15, 0.2) is 0 Å². The van der Waals surface area contributed by atoms with Gasteiger partial charge in [0.25, 0.3) is 0 Å². The molecule has 0 saturated heterocycles. The first-order chi connectivity index (χ1) is 12.2. The molecule has 5 heteroatoms. The van der Waals surface area contributed by atoms with Gasteiger partial charge in [-0.1, -0.05) is 24.3 Å². The Labute approximate surface area is 152 Å². The van der Waals surface area contributed by atoms with Crippen LogP contribution in [-0.2, 0) is 13.0 Å². The SMILES string of the molecule is CSc1ccc(CNC(=O)NCCc2c[nH]c3cc(C)ccc23)cc1. The van der Waals surface area contributed by atoms with E-state index in [0.29, 0.717) is 13.1 Å². The predicted molar refractivity (Wildman–Crippen MR) is 105 cm³/mol. The van der Waals surface area contributed by atoms with Crippen LogP contribution < -0.4 is 10.6 Å². The second-order valence-electron chi connectivity index (χ2n) is 6.07. The summed E-state index contributed by atoms with van der Waals surface area (Å²) in [5.41, 5.74) is 4.71. The molecule has 0 atom stereocenters. The molecule has 0 aliphatic heterocycles. The van der Waals surface area contributed by atoms with Crippen molar-refractivity contribution in [1.29, 1.82) is 0 Å². The van der Waals surface area contributed by atoms with Gasteiger partial charge in [-0.15, -0.1) is 11.8 Å². The fourth-order valence-electron chi connectivity index (χ4n) is 2.81. The summed E-state index contributed by atoms with van der Waals surface area (Å²) in [7, 11) is 0. The maximum atomic E-state index is 11.9. The fraction of sp³-hybridized carbons (Fsp3) is 0.250. The third kappa shape index (κ3) is 4.57. The lowest BCUT2D eigenvalue weighted by Crippen LogP contribution is -2.36. The Morgan fingerprint density at radius 2 is 1.92 bits per heavy atom. The van der Waals surface area contributed by atoms with Gasteiger partial charge in [0, 0.05) is 35.1 Å². The number of aromatic amines is 1. The average Bonchev–Trinajstić information content (AvgIpc) is 3.02. The van der Waals surface area contributed by atoms with Crippen LogP contribution in [0.1, 0.15) is 16.7 Å². The Balaban J connectivity index is 1.45. The standard InChI is InChI=1S/C20H23N3OS/c1-14-3-8-18-16(13-22-19(18)11-14)9-10-21-20(24)23-12-15-4-6-17(25-2)7-5-15/h3-8,11,13,22H,9-10,12H2,1-2H3,(H2,21,23,24). The number of rotatable bonds is 6. The van der Waals surface area contributed by atoms with Crippen LogP contribution in [0.4, 0.5) is 4.79 Å². The first kappa shape index (κ1) is 17.4. The van der Waals surface area contributed by atoms with Crippen molar-refractivity contribution in [3.63, 3.8) is 0 Å². The van der Waals surface area contributed by atoms with Crippen LogP contribution in [0.25, 0.3) is 10.9 Å². The molecule has 25 heavy (non-hydrogen) atoms. The maximum absolute atomic E-state index is 11.9. The summed E-state index contributed by atoms with van der Waals surface area (Å²) in [5.74, 6) is 0. The van der Waals surface area contributed by atoms with E-state index in [0.717, 1.165) is 17.5 Å². The fourth-order valence-corrected chi connectivity index (χ4v) is 3.21. The largest absolute Gasteiger partial charge is 0.361 e. The lowest BCUT2D eigenvalue weighted by molar-refractivity contribution is 0.240. The summed E-state index contributed by atoms with van der Waals surface area (Å²) >= 11 is 1.71. The Kier molecular flexibility index (Phi) is 5.66.